The van der Waals surface area contributed by atoms with Crippen LogP contribution in [-0.2, 0) is 11.9 Å². The third-order valence-electron chi connectivity index (χ3n) is 5.17. The van der Waals surface area contributed by atoms with Gasteiger partial charge < -0.3 is 5.32 Å². The smallest absolute Gasteiger partial charge is 0.251 e. The number of rotatable bonds is 5. The molecule has 30 heavy (non-hydrogen) atoms. The predicted molar refractivity (Wildman–Crippen MR) is 126 cm³/mol. The van der Waals surface area contributed by atoms with E-state index < -0.39 is 0 Å². The van der Waals surface area contributed by atoms with Gasteiger partial charge in [0.05, 0.1) is 11.2 Å². The van der Waals surface area contributed by atoms with Crippen molar-refractivity contribution < 1.29 is 4.79 Å². The van der Waals surface area contributed by atoms with Crippen LogP contribution in [-0.4, -0.2) is 16.1 Å². The number of hydrogen-bond donors (Lipinski definition) is 2. The van der Waals surface area contributed by atoms with E-state index in [2.05, 4.69) is 43.6 Å². The van der Waals surface area contributed by atoms with E-state index in [1.54, 1.807) is 0 Å². The van der Waals surface area contributed by atoms with E-state index in [1.165, 1.54) is 0 Å². The monoisotopic (exact) mass is 481 g/mol. The van der Waals surface area contributed by atoms with E-state index in [-0.39, 0.29) is 5.91 Å². The van der Waals surface area contributed by atoms with Crippen molar-refractivity contribution >= 4 is 44.3 Å². The van der Waals surface area contributed by atoms with Crippen LogP contribution in [0.5, 0.6) is 0 Å². The highest BCUT2D eigenvalue weighted by Crippen LogP contribution is 2.31. The maximum atomic E-state index is 12.9. The van der Waals surface area contributed by atoms with E-state index in [0.29, 0.717) is 17.4 Å². The van der Waals surface area contributed by atoms with Crippen LogP contribution in [0.3, 0.4) is 0 Å². The number of alkyl halides is 1. The van der Waals surface area contributed by atoms with Crippen molar-refractivity contribution in [1.82, 2.24) is 15.5 Å². The molecule has 0 bridgehead atoms. The second kappa shape index (κ2) is 8.62. The Balaban J connectivity index is 1.66. The summed E-state index contributed by atoms with van der Waals surface area (Å²) in [5.74, 6) is -0.109. The zero-order valence-electron chi connectivity index (χ0n) is 16.7. The summed E-state index contributed by atoms with van der Waals surface area (Å²) in [5.41, 5.74) is 7.66. The summed E-state index contributed by atoms with van der Waals surface area (Å²) in [5, 5.41) is 12.9. The molecule has 4 nitrogen and oxygen atoms in total. The molecule has 152 valence electrons. The largest absolute Gasteiger partial charge is 0.348 e. The summed E-state index contributed by atoms with van der Waals surface area (Å²) in [6.45, 7) is 4.39. The van der Waals surface area contributed by atoms with E-state index in [9.17, 15) is 4.79 Å². The van der Waals surface area contributed by atoms with Crippen LogP contribution in [0.25, 0.3) is 22.0 Å². The van der Waals surface area contributed by atoms with Gasteiger partial charge in [-0.2, -0.15) is 5.10 Å². The molecule has 0 fully saturated rings. The van der Waals surface area contributed by atoms with Crippen molar-refractivity contribution in [2.45, 2.75) is 25.7 Å². The minimum atomic E-state index is -0.109. The average Bonchev–Trinajstić information content (AvgIpc) is 3.15. The van der Waals surface area contributed by atoms with Crippen LogP contribution in [0.1, 0.15) is 32.7 Å². The summed E-state index contributed by atoms with van der Waals surface area (Å²) in [4.78, 5) is 12.9. The van der Waals surface area contributed by atoms with Crippen molar-refractivity contribution in [3.05, 3.63) is 87.6 Å². The summed E-state index contributed by atoms with van der Waals surface area (Å²) in [7, 11) is 0. The van der Waals surface area contributed by atoms with Crippen molar-refractivity contribution in [1.29, 1.82) is 0 Å². The second-order valence-corrected chi connectivity index (χ2v) is 8.32. The highest BCUT2D eigenvalue weighted by atomic mass is 79.9. The Labute approximate surface area is 188 Å². The Morgan fingerprint density at radius 3 is 2.70 bits per heavy atom. The van der Waals surface area contributed by atoms with E-state index in [1.807, 2.05) is 56.3 Å². The first-order valence-corrected chi connectivity index (χ1v) is 11.1. The number of nitrogens with one attached hydrogen (secondary N) is 2. The zero-order chi connectivity index (χ0) is 21.3. The minimum Gasteiger partial charge on any atom is -0.348 e. The van der Waals surface area contributed by atoms with Crippen molar-refractivity contribution in [3.63, 3.8) is 0 Å². The van der Waals surface area contributed by atoms with Gasteiger partial charge in [-0.1, -0.05) is 57.9 Å². The SMILES string of the molecule is Cc1cc(CNC(=O)c2cc(CBr)cc(-c3cccc4[nH]nc(C)c34)c2)ccc1Cl. The Kier molecular flexibility index (Phi) is 5.93. The quantitative estimate of drug-likeness (QED) is 0.327. The molecule has 3 aromatic carbocycles. The number of aromatic nitrogens is 2. The van der Waals surface area contributed by atoms with E-state index in [4.69, 9.17) is 11.6 Å². The highest BCUT2D eigenvalue weighted by Gasteiger charge is 2.14. The number of aromatic amines is 1. The third-order valence-corrected chi connectivity index (χ3v) is 6.24. The van der Waals surface area contributed by atoms with Crippen molar-refractivity contribution in [2.75, 3.05) is 0 Å². The lowest BCUT2D eigenvalue weighted by molar-refractivity contribution is 0.0951. The van der Waals surface area contributed by atoms with Gasteiger partial charge in [-0.3, -0.25) is 9.89 Å². The summed E-state index contributed by atoms with van der Waals surface area (Å²) < 4.78 is 0. The molecule has 0 saturated carbocycles. The first-order chi connectivity index (χ1) is 14.5. The van der Waals surface area contributed by atoms with Crippen molar-refractivity contribution in [2.24, 2.45) is 0 Å². The topological polar surface area (TPSA) is 57.8 Å². The van der Waals surface area contributed by atoms with Gasteiger partial charge in [0.2, 0.25) is 0 Å². The molecule has 2 N–H and O–H groups in total. The molecule has 0 saturated heterocycles. The fraction of sp³-hybridized carbons (Fsp3) is 0.167. The van der Waals surface area contributed by atoms with Gasteiger partial charge in [-0.25, -0.2) is 0 Å². The second-order valence-electron chi connectivity index (χ2n) is 7.36. The molecular weight excluding hydrogens is 462 g/mol. The lowest BCUT2D eigenvalue weighted by Crippen LogP contribution is -2.23. The maximum Gasteiger partial charge on any atom is 0.251 e. The molecule has 0 radical (unpaired) electrons. The number of aryl methyl sites for hydroxylation is 2. The Morgan fingerprint density at radius 1 is 1.10 bits per heavy atom. The van der Waals surface area contributed by atoms with Gasteiger partial charge in [-0.05, 0) is 65.9 Å². The van der Waals surface area contributed by atoms with Crippen LogP contribution in [0, 0.1) is 13.8 Å². The van der Waals surface area contributed by atoms with E-state index in [0.717, 1.165) is 49.4 Å². The number of carbonyl (C=O) groups excluding carboxylic acids is 1. The van der Waals surface area contributed by atoms with Crippen LogP contribution in [0.15, 0.2) is 54.6 Å². The molecule has 0 spiro atoms. The van der Waals surface area contributed by atoms with Crippen LogP contribution in [0.2, 0.25) is 5.02 Å². The van der Waals surface area contributed by atoms with Crippen LogP contribution < -0.4 is 5.32 Å². The molecule has 0 aliphatic heterocycles. The van der Waals surface area contributed by atoms with E-state index >= 15 is 0 Å². The number of fused-ring (bicyclic) bond motifs is 1. The third kappa shape index (κ3) is 4.13. The molecule has 0 aliphatic rings. The first-order valence-electron chi connectivity index (χ1n) is 9.63. The van der Waals surface area contributed by atoms with Gasteiger partial charge in [0.1, 0.15) is 0 Å². The molecule has 4 aromatic rings. The maximum absolute atomic E-state index is 12.9. The zero-order valence-corrected chi connectivity index (χ0v) is 19.1. The molecular formula is C24H21BrClN3O. The minimum absolute atomic E-state index is 0.109. The number of nitrogens with zero attached hydrogens (tertiary/aromatic N) is 1. The number of hydrogen-bond acceptors (Lipinski definition) is 2. The fourth-order valence-electron chi connectivity index (χ4n) is 3.63. The van der Waals surface area contributed by atoms with Gasteiger partial charge in [0.15, 0.2) is 0 Å². The molecule has 0 unspecified atom stereocenters. The summed E-state index contributed by atoms with van der Waals surface area (Å²) in [6, 6.07) is 17.8. The number of H-pyrrole nitrogens is 1. The van der Waals surface area contributed by atoms with Gasteiger partial charge in [0.25, 0.3) is 5.91 Å². The molecule has 1 amide bonds. The molecule has 6 heteroatoms. The van der Waals surface area contributed by atoms with Crippen LogP contribution in [0.4, 0.5) is 0 Å². The fourth-order valence-corrected chi connectivity index (χ4v) is 4.07. The van der Waals surface area contributed by atoms with Gasteiger partial charge in [0, 0.05) is 27.8 Å². The molecule has 1 heterocycles. The molecule has 0 aliphatic carbocycles. The number of halogens is 2. The summed E-state index contributed by atoms with van der Waals surface area (Å²) in [6.07, 6.45) is 0. The number of amides is 1. The van der Waals surface area contributed by atoms with Gasteiger partial charge in [-0.15, -0.1) is 0 Å². The standard InChI is InChI=1S/C24H21BrClN3O/c1-14-8-16(6-7-21(14)26)13-27-24(30)19-10-17(12-25)9-18(11-19)20-4-3-5-22-23(20)15(2)28-29-22/h3-11H,12-13H2,1-2H3,(H,27,30)(H,28,29). The normalized spacial score (nSPS) is 11.1. The predicted octanol–water partition coefficient (Wildman–Crippen LogP) is 6.33. The Morgan fingerprint density at radius 2 is 1.93 bits per heavy atom. The number of carbonyl (C=O) groups is 1. The molecule has 1 aromatic heterocycles. The molecule has 0 atom stereocenters. The first kappa shape index (κ1) is 20.6. The summed E-state index contributed by atoms with van der Waals surface area (Å²) >= 11 is 9.63. The lowest BCUT2D eigenvalue weighted by atomic mass is 9.96. The Bertz CT molecular complexity index is 1250. The Hall–Kier alpha value is -2.63. The van der Waals surface area contributed by atoms with Crippen LogP contribution >= 0.6 is 27.5 Å². The number of benzene rings is 3. The molecule has 4 rings (SSSR count). The van der Waals surface area contributed by atoms with Crippen molar-refractivity contribution in [3.8, 4) is 11.1 Å². The lowest BCUT2D eigenvalue weighted by Gasteiger charge is -2.11. The highest BCUT2D eigenvalue weighted by molar-refractivity contribution is 9.08. The van der Waals surface area contributed by atoms with Gasteiger partial charge >= 0.3 is 0 Å². The average molecular weight is 483 g/mol.